The molecule has 0 aromatic heterocycles. The fourth-order valence-corrected chi connectivity index (χ4v) is 2.92. The molecule has 7 heteroatoms. The molecule has 1 saturated carbocycles. The number of amides is 1. The molecular weight excluding hydrogens is 368 g/mol. The average molecular weight is 383 g/mol. The highest BCUT2D eigenvalue weighted by Gasteiger charge is 2.32. The first kappa shape index (κ1) is 17.9. The van der Waals surface area contributed by atoms with Crippen molar-refractivity contribution in [2.75, 3.05) is 5.32 Å². The van der Waals surface area contributed by atoms with Crippen molar-refractivity contribution < 1.29 is 9.59 Å². The van der Waals surface area contributed by atoms with Crippen LogP contribution in [0.15, 0.2) is 18.2 Å². The number of ketones is 1. The summed E-state index contributed by atoms with van der Waals surface area (Å²) in [6.07, 6.45) is 4.92. The van der Waals surface area contributed by atoms with Crippen LogP contribution in [0.5, 0.6) is 0 Å². The molecule has 1 aromatic rings. The Hall–Kier alpha value is -0.480. The standard InChI is InChI=1S/C15H15Cl4NO2/c16-10-6-7-12(20-14(22)15(17,18)19)11(8-10)13(21)9-4-2-1-3-5-9/h6-9H,1-5H2,(H,20,22). The molecule has 0 atom stereocenters. The molecule has 2 rings (SSSR count). The van der Waals surface area contributed by atoms with Crippen LogP contribution in [0, 0.1) is 5.92 Å². The van der Waals surface area contributed by atoms with Gasteiger partial charge in [0.05, 0.1) is 5.69 Å². The highest BCUT2D eigenvalue weighted by molar-refractivity contribution is 6.76. The van der Waals surface area contributed by atoms with Gasteiger partial charge >= 0.3 is 0 Å². The van der Waals surface area contributed by atoms with Crippen LogP contribution in [0.3, 0.4) is 0 Å². The van der Waals surface area contributed by atoms with Gasteiger partial charge in [0.1, 0.15) is 0 Å². The van der Waals surface area contributed by atoms with Crippen molar-refractivity contribution in [2.45, 2.75) is 35.9 Å². The minimum Gasteiger partial charge on any atom is -0.322 e. The lowest BCUT2D eigenvalue weighted by molar-refractivity contribution is -0.115. The van der Waals surface area contributed by atoms with E-state index in [1.807, 2.05) is 0 Å². The van der Waals surface area contributed by atoms with Crippen LogP contribution in [-0.4, -0.2) is 15.5 Å². The van der Waals surface area contributed by atoms with Gasteiger partial charge in [-0.25, -0.2) is 0 Å². The van der Waals surface area contributed by atoms with Crippen LogP contribution in [0.2, 0.25) is 5.02 Å². The minimum atomic E-state index is -2.09. The van der Waals surface area contributed by atoms with Gasteiger partial charge < -0.3 is 5.32 Å². The molecule has 1 aliphatic carbocycles. The second-order valence-electron chi connectivity index (χ2n) is 5.34. The number of hydrogen-bond donors (Lipinski definition) is 1. The Kier molecular flexibility index (Phi) is 6.00. The van der Waals surface area contributed by atoms with Crippen LogP contribution in [0.1, 0.15) is 42.5 Å². The largest absolute Gasteiger partial charge is 0.322 e. The summed E-state index contributed by atoms with van der Waals surface area (Å²) < 4.78 is -2.09. The Morgan fingerprint density at radius 1 is 1.09 bits per heavy atom. The number of carbonyl (C=O) groups excluding carboxylic acids is 2. The fourth-order valence-electron chi connectivity index (χ4n) is 2.61. The zero-order valence-corrected chi connectivity index (χ0v) is 14.7. The van der Waals surface area contributed by atoms with Gasteiger partial charge in [0.15, 0.2) is 5.78 Å². The molecule has 0 radical (unpaired) electrons. The first-order chi connectivity index (χ1) is 10.3. The van der Waals surface area contributed by atoms with Crippen LogP contribution in [0.4, 0.5) is 5.69 Å². The van der Waals surface area contributed by atoms with Crippen molar-refractivity contribution in [2.24, 2.45) is 5.92 Å². The Balaban J connectivity index is 2.27. The molecule has 120 valence electrons. The third kappa shape index (κ3) is 4.51. The van der Waals surface area contributed by atoms with Gasteiger partial charge in [-0.2, -0.15) is 0 Å². The lowest BCUT2D eigenvalue weighted by Crippen LogP contribution is -2.28. The number of hydrogen-bond acceptors (Lipinski definition) is 2. The van der Waals surface area contributed by atoms with E-state index < -0.39 is 9.70 Å². The number of alkyl halides is 3. The molecular formula is C15H15Cl4NO2. The van der Waals surface area contributed by atoms with Gasteiger partial charge in [0.2, 0.25) is 0 Å². The molecule has 0 saturated heterocycles. The van der Waals surface area contributed by atoms with Crippen LogP contribution in [-0.2, 0) is 4.79 Å². The van der Waals surface area contributed by atoms with Crippen molar-refractivity contribution in [3.8, 4) is 0 Å². The summed E-state index contributed by atoms with van der Waals surface area (Å²) >= 11 is 22.6. The van der Waals surface area contributed by atoms with E-state index in [9.17, 15) is 9.59 Å². The van der Waals surface area contributed by atoms with Gasteiger partial charge in [-0.1, -0.05) is 65.7 Å². The molecule has 0 aliphatic heterocycles. The van der Waals surface area contributed by atoms with Crippen molar-refractivity contribution in [3.05, 3.63) is 28.8 Å². The predicted molar refractivity (Wildman–Crippen MR) is 91.3 cm³/mol. The van der Waals surface area contributed by atoms with Crippen LogP contribution in [0.25, 0.3) is 0 Å². The van der Waals surface area contributed by atoms with E-state index in [1.54, 1.807) is 18.2 Å². The van der Waals surface area contributed by atoms with Gasteiger partial charge in [0, 0.05) is 16.5 Å². The highest BCUT2D eigenvalue weighted by atomic mass is 35.6. The Morgan fingerprint density at radius 2 is 1.73 bits per heavy atom. The quantitative estimate of drug-likeness (QED) is 0.560. The minimum absolute atomic E-state index is 0.0261. The third-order valence-electron chi connectivity index (χ3n) is 3.73. The predicted octanol–water partition coefficient (Wildman–Crippen LogP) is 5.41. The number of rotatable bonds is 3. The van der Waals surface area contributed by atoms with Gasteiger partial charge in [0.25, 0.3) is 9.70 Å². The lowest BCUT2D eigenvalue weighted by atomic mass is 9.83. The molecule has 3 nitrogen and oxygen atoms in total. The summed E-state index contributed by atoms with van der Waals surface area (Å²) in [7, 11) is 0. The molecule has 0 heterocycles. The number of nitrogens with one attached hydrogen (secondary N) is 1. The summed E-state index contributed by atoms with van der Waals surface area (Å²) in [5, 5.41) is 2.91. The summed E-state index contributed by atoms with van der Waals surface area (Å²) in [4.78, 5) is 24.5. The maximum Gasteiger partial charge on any atom is 0.276 e. The highest BCUT2D eigenvalue weighted by Crippen LogP contribution is 2.33. The number of Topliss-reactive ketones (excluding diaryl/α,β-unsaturated/α-hetero) is 1. The van der Waals surface area contributed by atoms with E-state index in [4.69, 9.17) is 46.4 Å². The molecule has 0 bridgehead atoms. The zero-order valence-electron chi connectivity index (χ0n) is 11.7. The molecule has 0 unspecified atom stereocenters. The van der Waals surface area contributed by atoms with E-state index in [0.29, 0.717) is 16.3 Å². The summed E-state index contributed by atoms with van der Waals surface area (Å²) in [5.41, 5.74) is 0.679. The van der Waals surface area contributed by atoms with Crippen LogP contribution < -0.4 is 5.32 Å². The molecule has 22 heavy (non-hydrogen) atoms. The number of halogens is 4. The summed E-state index contributed by atoms with van der Waals surface area (Å²) in [5.74, 6) is -0.880. The maximum atomic E-state index is 12.7. The molecule has 1 N–H and O–H groups in total. The van der Waals surface area contributed by atoms with E-state index in [1.165, 1.54) is 0 Å². The second-order valence-corrected chi connectivity index (χ2v) is 8.06. The zero-order chi connectivity index (χ0) is 16.3. The van der Waals surface area contributed by atoms with Gasteiger partial charge in [-0.3, -0.25) is 9.59 Å². The smallest absolute Gasteiger partial charge is 0.276 e. The van der Waals surface area contributed by atoms with Gasteiger partial charge in [-0.05, 0) is 31.0 Å². The Bertz CT molecular complexity index is 577. The second kappa shape index (κ2) is 7.39. The molecule has 1 aromatic carbocycles. The summed E-state index contributed by atoms with van der Waals surface area (Å²) in [6, 6.07) is 4.67. The fraction of sp³-hybridized carbons (Fsp3) is 0.467. The van der Waals surface area contributed by atoms with E-state index in [2.05, 4.69) is 5.32 Å². The average Bonchev–Trinajstić information content (AvgIpc) is 2.48. The lowest BCUT2D eigenvalue weighted by Gasteiger charge is -2.22. The molecule has 1 fully saturated rings. The first-order valence-electron chi connectivity index (χ1n) is 7.01. The Labute approximate surface area is 149 Å². The van der Waals surface area contributed by atoms with E-state index in [0.717, 1.165) is 32.1 Å². The van der Waals surface area contributed by atoms with Crippen molar-refractivity contribution in [3.63, 3.8) is 0 Å². The normalized spacial score (nSPS) is 16.4. The van der Waals surface area contributed by atoms with E-state index in [-0.39, 0.29) is 11.7 Å². The first-order valence-corrected chi connectivity index (χ1v) is 8.52. The number of anilines is 1. The Morgan fingerprint density at radius 3 is 2.32 bits per heavy atom. The van der Waals surface area contributed by atoms with Crippen molar-refractivity contribution in [1.82, 2.24) is 0 Å². The molecule has 1 amide bonds. The number of benzene rings is 1. The third-order valence-corrected chi connectivity index (χ3v) is 4.48. The monoisotopic (exact) mass is 381 g/mol. The van der Waals surface area contributed by atoms with Gasteiger partial charge in [-0.15, -0.1) is 0 Å². The van der Waals surface area contributed by atoms with Crippen LogP contribution >= 0.6 is 46.4 Å². The maximum absolute atomic E-state index is 12.7. The summed E-state index contributed by atoms with van der Waals surface area (Å²) in [6.45, 7) is 0. The molecule has 1 aliphatic rings. The molecule has 0 spiro atoms. The topological polar surface area (TPSA) is 46.2 Å². The number of carbonyl (C=O) groups is 2. The van der Waals surface area contributed by atoms with Crippen molar-refractivity contribution >= 4 is 63.8 Å². The van der Waals surface area contributed by atoms with Crippen molar-refractivity contribution in [1.29, 1.82) is 0 Å². The SMILES string of the molecule is O=C(c1cc(Cl)ccc1NC(=O)C(Cl)(Cl)Cl)C1CCCCC1. The van der Waals surface area contributed by atoms with E-state index >= 15 is 0 Å².